The smallest absolute Gasteiger partial charge is 0.0704 e. The first-order valence-electron chi connectivity index (χ1n) is 7.49. The van der Waals surface area contributed by atoms with Gasteiger partial charge < -0.3 is 10.2 Å². The van der Waals surface area contributed by atoms with E-state index in [0.717, 1.165) is 0 Å². The van der Waals surface area contributed by atoms with Crippen molar-refractivity contribution < 1.29 is 0 Å². The molecule has 0 spiro atoms. The maximum atomic E-state index is 3.86. The molecule has 1 saturated heterocycles. The molecule has 1 N–H and O–H groups in total. The minimum atomic E-state index is 0.573. The third-order valence-corrected chi connectivity index (χ3v) is 6.01. The molecule has 0 bridgehead atoms. The standard InChI is InChI=1S/C15H23BrN2S/c1-11(10-18-7-2-3-8-18)17-13-5-4-6-14-12(13)9-15(16)19-14/h9,11,13,17H,2-8,10H2,1H3. The predicted octanol–water partition coefficient (Wildman–Crippen LogP) is 3.96. The number of aryl methyl sites for hydroxylation is 1. The fourth-order valence-corrected chi connectivity index (χ4v) is 5.26. The van der Waals surface area contributed by atoms with Crippen molar-refractivity contribution in [2.75, 3.05) is 19.6 Å². The van der Waals surface area contributed by atoms with Crippen LogP contribution in [0.25, 0.3) is 0 Å². The lowest BCUT2D eigenvalue weighted by molar-refractivity contribution is 0.280. The van der Waals surface area contributed by atoms with Crippen molar-refractivity contribution in [3.8, 4) is 0 Å². The van der Waals surface area contributed by atoms with E-state index < -0.39 is 0 Å². The van der Waals surface area contributed by atoms with Crippen LogP contribution in [0.5, 0.6) is 0 Å². The highest BCUT2D eigenvalue weighted by Gasteiger charge is 2.24. The highest BCUT2D eigenvalue weighted by atomic mass is 79.9. The van der Waals surface area contributed by atoms with E-state index in [0.29, 0.717) is 12.1 Å². The summed E-state index contributed by atoms with van der Waals surface area (Å²) in [5.41, 5.74) is 1.55. The van der Waals surface area contributed by atoms with Gasteiger partial charge in [0, 0.05) is 23.5 Å². The zero-order valence-corrected chi connectivity index (χ0v) is 14.0. The molecule has 0 radical (unpaired) electrons. The van der Waals surface area contributed by atoms with Crippen molar-refractivity contribution in [3.63, 3.8) is 0 Å². The summed E-state index contributed by atoms with van der Waals surface area (Å²) in [6.45, 7) is 6.14. The van der Waals surface area contributed by atoms with E-state index in [1.807, 2.05) is 11.3 Å². The summed E-state index contributed by atoms with van der Waals surface area (Å²) < 4.78 is 1.29. The van der Waals surface area contributed by atoms with Gasteiger partial charge in [0.05, 0.1) is 3.79 Å². The summed E-state index contributed by atoms with van der Waals surface area (Å²) in [5, 5.41) is 3.86. The van der Waals surface area contributed by atoms with Gasteiger partial charge in [-0.1, -0.05) is 0 Å². The number of nitrogens with one attached hydrogen (secondary N) is 1. The maximum absolute atomic E-state index is 3.86. The van der Waals surface area contributed by atoms with E-state index in [9.17, 15) is 0 Å². The van der Waals surface area contributed by atoms with Crippen LogP contribution in [0.2, 0.25) is 0 Å². The highest BCUT2D eigenvalue weighted by molar-refractivity contribution is 9.11. The molecule has 3 rings (SSSR count). The molecule has 19 heavy (non-hydrogen) atoms. The Morgan fingerprint density at radius 1 is 1.42 bits per heavy atom. The molecule has 2 aliphatic rings. The number of likely N-dealkylation sites (tertiary alicyclic amines) is 1. The Morgan fingerprint density at radius 3 is 3.00 bits per heavy atom. The molecule has 1 aromatic rings. The van der Waals surface area contributed by atoms with Crippen LogP contribution < -0.4 is 5.32 Å². The minimum absolute atomic E-state index is 0.573. The Labute approximate surface area is 128 Å². The summed E-state index contributed by atoms with van der Waals surface area (Å²) in [4.78, 5) is 4.19. The normalized spacial score (nSPS) is 25.5. The largest absolute Gasteiger partial charge is 0.306 e. The van der Waals surface area contributed by atoms with Crippen molar-refractivity contribution in [2.24, 2.45) is 0 Å². The number of nitrogens with zero attached hydrogens (tertiary/aromatic N) is 1. The van der Waals surface area contributed by atoms with Crippen LogP contribution >= 0.6 is 27.3 Å². The molecule has 2 unspecified atom stereocenters. The molecule has 106 valence electrons. The summed E-state index contributed by atoms with van der Waals surface area (Å²) in [5.74, 6) is 0. The molecule has 0 saturated carbocycles. The fraction of sp³-hybridized carbons (Fsp3) is 0.733. The van der Waals surface area contributed by atoms with Crippen LogP contribution in [0.1, 0.15) is 49.1 Å². The molecule has 2 heterocycles. The molecule has 1 aromatic heterocycles. The van der Waals surface area contributed by atoms with E-state index in [1.54, 1.807) is 10.4 Å². The summed E-state index contributed by atoms with van der Waals surface area (Å²) in [6, 6.07) is 3.50. The monoisotopic (exact) mass is 342 g/mol. The SMILES string of the molecule is CC(CN1CCCC1)NC1CCCc2sc(Br)cc21. The van der Waals surface area contributed by atoms with E-state index in [-0.39, 0.29) is 0 Å². The van der Waals surface area contributed by atoms with E-state index in [1.165, 1.54) is 55.5 Å². The van der Waals surface area contributed by atoms with Crippen LogP contribution in [0.3, 0.4) is 0 Å². The highest BCUT2D eigenvalue weighted by Crippen LogP contribution is 2.38. The second-order valence-corrected chi connectivity index (χ2v) is 8.47. The fourth-order valence-electron chi connectivity index (χ4n) is 3.44. The van der Waals surface area contributed by atoms with Gasteiger partial charge in [0.2, 0.25) is 0 Å². The van der Waals surface area contributed by atoms with Gasteiger partial charge in [-0.2, -0.15) is 0 Å². The molecule has 1 aliphatic carbocycles. The third-order valence-electron chi connectivity index (χ3n) is 4.30. The number of halogens is 1. The molecular weight excluding hydrogens is 320 g/mol. The molecule has 0 aromatic carbocycles. The molecular formula is C15H23BrN2S. The van der Waals surface area contributed by atoms with Crippen LogP contribution in [-0.4, -0.2) is 30.6 Å². The van der Waals surface area contributed by atoms with Crippen LogP contribution in [0.4, 0.5) is 0 Å². The van der Waals surface area contributed by atoms with Gasteiger partial charge in [-0.05, 0) is 79.7 Å². The van der Waals surface area contributed by atoms with Crippen molar-refractivity contribution in [3.05, 3.63) is 20.3 Å². The second kappa shape index (κ2) is 6.25. The summed E-state index contributed by atoms with van der Waals surface area (Å²) in [7, 11) is 0. The van der Waals surface area contributed by atoms with Gasteiger partial charge in [-0.3, -0.25) is 0 Å². The van der Waals surface area contributed by atoms with Crippen molar-refractivity contribution in [1.29, 1.82) is 0 Å². The Bertz CT molecular complexity index is 426. The summed E-state index contributed by atoms with van der Waals surface area (Å²) in [6.07, 6.45) is 6.66. The first-order chi connectivity index (χ1) is 9.22. The average molecular weight is 343 g/mol. The van der Waals surface area contributed by atoms with Crippen molar-refractivity contribution in [1.82, 2.24) is 10.2 Å². The van der Waals surface area contributed by atoms with Gasteiger partial charge in [0.1, 0.15) is 0 Å². The average Bonchev–Trinajstić information content (AvgIpc) is 2.97. The first-order valence-corrected chi connectivity index (χ1v) is 9.10. The number of thiophene rings is 1. The zero-order chi connectivity index (χ0) is 13.2. The topological polar surface area (TPSA) is 15.3 Å². The van der Waals surface area contributed by atoms with Crippen molar-refractivity contribution >= 4 is 27.3 Å². The van der Waals surface area contributed by atoms with E-state index in [2.05, 4.69) is 39.1 Å². The molecule has 1 fully saturated rings. The lowest BCUT2D eigenvalue weighted by Gasteiger charge is -2.29. The molecule has 2 atom stereocenters. The van der Waals surface area contributed by atoms with E-state index >= 15 is 0 Å². The molecule has 1 aliphatic heterocycles. The minimum Gasteiger partial charge on any atom is -0.306 e. The zero-order valence-electron chi connectivity index (χ0n) is 11.6. The number of hydrogen-bond donors (Lipinski definition) is 1. The van der Waals surface area contributed by atoms with Gasteiger partial charge in [-0.15, -0.1) is 11.3 Å². The number of rotatable bonds is 4. The van der Waals surface area contributed by atoms with Gasteiger partial charge in [0.25, 0.3) is 0 Å². The Kier molecular flexibility index (Phi) is 4.62. The second-order valence-electron chi connectivity index (χ2n) is 5.95. The van der Waals surface area contributed by atoms with Crippen molar-refractivity contribution in [2.45, 2.75) is 51.1 Å². The Hall–Kier alpha value is 0.100. The quantitative estimate of drug-likeness (QED) is 0.890. The van der Waals surface area contributed by atoms with Gasteiger partial charge in [-0.25, -0.2) is 0 Å². The Morgan fingerprint density at radius 2 is 2.21 bits per heavy atom. The van der Waals surface area contributed by atoms with Gasteiger partial charge in [0.15, 0.2) is 0 Å². The van der Waals surface area contributed by atoms with Crippen LogP contribution in [-0.2, 0) is 6.42 Å². The summed E-state index contributed by atoms with van der Waals surface area (Å²) >= 11 is 5.56. The maximum Gasteiger partial charge on any atom is 0.0704 e. The lowest BCUT2D eigenvalue weighted by Crippen LogP contribution is -2.40. The molecule has 4 heteroatoms. The van der Waals surface area contributed by atoms with Crippen LogP contribution in [0.15, 0.2) is 9.85 Å². The predicted molar refractivity (Wildman–Crippen MR) is 86.0 cm³/mol. The van der Waals surface area contributed by atoms with E-state index in [4.69, 9.17) is 0 Å². The first kappa shape index (κ1) is 14.1. The number of hydrogen-bond acceptors (Lipinski definition) is 3. The van der Waals surface area contributed by atoms with Gasteiger partial charge >= 0.3 is 0 Å². The third kappa shape index (κ3) is 3.41. The Balaban J connectivity index is 1.60. The number of fused-ring (bicyclic) bond motifs is 1. The lowest BCUT2D eigenvalue weighted by atomic mass is 9.93. The molecule has 0 amide bonds. The van der Waals surface area contributed by atoms with Crippen LogP contribution in [0, 0.1) is 0 Å². The molecule has 2 nitrogen and oxygen atoms in total.